The number of nitrogens with zero attached hydrogens (tertiary/aromatic N) is 12. The van der Waals surface area contributed by atoms with E-state index in [1.165, 1.54) is 10.8 Å². The van der Waals surface area contributed by atoms with Crippen LogP contribution >= 0.6 is 0 Å². The number of aromatic nitrogens is 6. The molecule has 0 amide bonds. The lowest BCUT2D eigenvalue weighted by molar-refractivity contribution is 1.18. The second kappa shape index (κ2) is 30.5. The predicted octanol–water partition coefficient (Wildman–Crippen LogP) is 29.9. The van der Waals surface area contributed by atoms with Gasteiger partial charge in [0.05, 0.1) is 138 Å². The molecule has 582 valence electrons. The Morgan fingerprint density at radius 1 is 0.190 bits per heavy atom. The lowest BCUT2D eigenvalue weighted by Crippen LogP contribution is -1.96. The Morgan fingerprint density at radius 2 is 0.468 bits per heavy atom. The van der Waals surface area contributed by atoms with Gasteiger partial charge in [-0.25, -0.2) is 14.5 Å². The fourth-order valence-electron chi connectivity index (χ4n) is 19.4. The molecule has 0 spiro atoms. The highest BCUT2D eigenvalue weighted by atomic mass is 15.0. The van der Waals surface area contributed by atoms with Gasteiger partial charge in [0, 0.05) is 98.4 Å². The lowest BCUT2D eigenvalue weighted by atomic mass is 9.97. The Morgan fingerprint density at radius 3 is 0.873 bits per heavy atom. The molecule has 0 aliphatic rings. The van der Waals surface area contributed by atoms with Crippen molar-refractivity contribution in [1.82, 2.24) is 27.4 Å². The molecule has 0 aliphatic heterocycles. The van der Waals surface area contributed by atoms with E-state index < -0.39 is 0 Å². The lowest BCUT2D eigenvalue weighted by Gasteiger charge is -2.13. The maximum atomic E-state index is 9.70. The minimum atomic E-state index is 0.616. The first-order chi connectivity index (χ1) is 62.3. The summed E-state index contributed by atoms with van der Waals surface area (Å²) in [5, 5.41) is 42.5. The number of hydrogen-bond acceptors (Lipinski definition) is 3. The number of benzene rings is 18. The first-order valence-corrected chi connectivity index (χ1v) is 41.4. The maximum Gasteiger partial charge on any atom is 0.210 e. The molecule has 0 atom stereocenters. The zero-order valence-electron chi connectivity index (χ0n) is 67.5. The van der Waals surface area contributed by atoms with E-state index in [-0.39, 0.29) is 0 Å². The molecule has 6 heterocycles. The van der Waals surface area contributed by atoms with E-state index in [2.05, 4.69) is 327 Å². The second-order valence-corrected chi connectivity index (χ2v) is 31.1. The third-order valence-corrected chi connectivity index (χ3v) is 24.5. The summed E-state index contributed by atoms with van der Waals surface area (Å²) in [6.45, 7) is 23.5. The summed E-state index contributed by atoms with van der Waals surface area (Å²) in [5.74, 6) is 0. The summed E-state index contributed by atoms with van der Waals surface area (Å²) in [5.41, 5.74) is 29.0. The fraction of sp³-hybridized carbons (Fsp3) is 0. The quantitative estimate of drug-likeness (QED) is 0.134. The molecular formula is C114H66N12. The van der Waals surface area contributed by atoms with Crippen LogP contribution in [0.2, 0.25) is 0 Å². The van der Waals surface area contributed by atoms with Crippen molar-refractivity contribution in [2.24, 2.45) is 0 Å². The minimum absolute atomic E-state index is 0.616. The molecule has 0 fully saturated rings. The molecule has 18 aromatic carbocycles. The van der Waals surface area contributed by atoms with Crippen LogP contribution < -0.4 is 0 Å². The monoisotopic (exact) mass is 1600 g/mol. The summed E-state index contributed by atoms with van der Waals surface area (Å²) in [6, 6.07) is 143. The summed E-state index contributed by atoms with van der Waals surface area (Å²) in [4.78, 5) is 11.5. The van der Waals surface area contributed by atoms with Gasteiger partial charge >= 0.3 is 0 Å². The molecule has 0 saturated carbocycles. The Bertz CT molecular complexity index is 8940. The van der Waals surface area contributed by atoms with Gasteiger partial charge in [-0.2, -0.15) is 15.8 Å². The van der Waals surface area contributed by atoms with E-state index in [0.717, 1.165) is 188 Å². The van der Waals surface area contributed by atoms with E-state index in [4.69, 9.17) is 19.7 Å². The van der Waals surface area contributed by atoms with Crippen LogP contribution in [0.1, 0.15) is 16.7 Å². The molecule has 0 saturated heterocycles. The highest BCUT2D eigenvalue weighted by molar-refractivity contribution is 6.25. The number of hydrogen-bond donors (Lipinski definition) is 0. The van der Waals surface area contributed by atoms with Crippen LogP contribution in [0, 0.1) is 53.7 Å². The molecular weight excluding hydrogens is 1540 g/mol. The van der Waals surface area contributed by atoms with Gasteiger partial charge in [0.2, 0.25) is 17.1 Å². The Kier molecular flexibility index (Phi) is 17.9. The molecule has 12 heteroatoms. The average molecular weight is 1600 g/mol. The average Bonchev–Trinajstić information content (AvgIpc) is 1.56. The predicted molar refractivity (Wildman–Crippen MR) is 515 cm³/mol. The van der Waals surface area contributed by atoms with Crippen LogP contribution in [0.3, 0.4) is 0 Å². The van der Waals surface area contributed by atoms with E-state index in [9.17, 15) is 15.8 Å². The van der Waals surface area contributed by atoms with Crippen molar-refractivity contribution in [3.63, 3.8) is 0 Å². The van der Waals surface area contributed by atoms with Gasteiger partial charge in [0.1, 0.15) is 0 Å². The molecule has 0 bridgehead atoms. The zero-order chi connectivity index (χ0) is 84.6. The topological polar surface area (TPSA) is 114 Å². The van der Waals surface area contributed by atoms with Crippen LogP contribution in [0.5, 0.6) is 0 Å². The number of rotatable bonds is 9. The summed E-state index contributed by atoms with van der Waals surface area (Å²) in [7, 11) is 0. The molecule has 0 aliphatic carbocycles. The van der Waals surface area contributed by atoms with E-state index in [0.29, 0.717) is 33.8 Å². The largest absolute Gasteiger partial charge is 0.319 e. The van der Waals surface area contributed by atoms with Crippen LogP contribution in [0.25, 0.3) is 213 Å². The molecule has 0 radical (unpaired) electrons. The van der Waals surface area contributed by atoms with Crippen molar-refractivity contribution in [1.29, 1.82) is 15.8 Å². The molecule has 24 rings (SSSR count). The second-order valence-electron chi connectivity index (χ2n) is 31.1. The van der Waals surface area contributed by atoms with Gasteiger partial charge in [-0.3, -0.25) is 0 Å². The van der Waals surface area contributed by atoms with Gasteiger partial charge in [-0.05, 0) is 156 Å². The Labute approximate surface area is 723 Å². The van der Waals surface area contributed by atoms with Crippen LogP contribution in [0.4, 0.5) is 17.1 Å². The molecule has 6 aromatic heterocycles. The van der Waals surface area contributed by atoms with Crippen molar-refractivity contribution < 1.29 is 0 Å². The first kappa shape index (κ1) is 74.0. The van der Waals surface area contributed by atoms with Crippen molar-refractivity contribution in [2.45, 2.75) is 0 Å². The Hall–Kier alpha value is -18.3. The summed E-state index contributed by atoms with van der Waals surface area (Å²) < 4.78 is 13.6. The van der Waals surface area contributed by atoms with Gasteiger partial charge in [0.15, 0.2) is 0 Å². The minimum Gasteiger partial charge on any atom is -0.319 e. The number of nitriles is 3. The molecule has 24 aromatic rings. The van der Waals surface area contributed by atoms with Crippen LogP contribution in [0.15, 0.2) is 400 Å². The molecule has 126 heavy (non-hydrogen) atoms. The first-order valence-electron chi connectivity index (χ1n) is 41.4. The summed E-state index contributed by atoms with van der Waals surface area (Å²) >= 11 is 0. The van der Waals surface area contributed by atoms with Gasteiger partial charge in [-0.1, -0.05) is 261 Å². The van der Waals surface area contributed by atoms with E-state index >= 15 is 0 Å². The van der Waals surface area contributed by atoms with Gasteiger partial charge in [-0.15, -0.1) is 0 Å². The number of fused-ring (bicyclic) bond motifs is 18. The van der Waals surface area contributed by atoms with Crippen molar-refractivity contribution in [3.05, 3.63) is 451 Å². The molecule has 0 N–H and O–H groups in total. The SMILES string of the molecule is [C-]#[N+]c1ccccc1-n1c2ccccc2c2c(-c3cccc4c5cc(C#N)ccc5n(-c5ccccc5)c34)cccc21.[C-]#[N+]c1ccccc1-n1c2ccccc2c2c(-c3cccc4c5ccccc5n(-c5ccc(C#N)cc5)c34)cccc21.[C-]#[N+]c1ccccc1-n1c2ccccc2c2c(-c3cccc4c5ccccc5n(-c5cccc(C#N)c5)c34)cccc21. The third-order valence-electron chi connectivity index (χ3n) is 24.5. The van der Waals surface area contributed by atoms with E-state index in [1.54, 1.807) is 0 Å². The highest BCUT2D eigenvalue weighted by Crippen LogP contribution is 2.50. The third kappa shape index (κ3) is 11.7. The highest BCUT2D eigenvalue weighted by Gasteiger charge is 2.27. The normalized spacial score (nSPS) is 11.3. The van der Waals surface area contributed by atoms with Crippen LogP contribution in [-0.2, 0) is 0 Å². The molecule has 0 unspecified atom stereocenters. The van der Waals surface area contributed by atoms with Gasteiger partial charge < -0.3 is 27.4 Å². The van der Waals surface area contributed by atoms with Crippen molar-refractivity contribution in [2.75, 3.05) is 0 Å². The Balaban J connectivity index is 0.000000112. The summed E-state index contributed by atoms with van der Waals surface area (Å²) in [6.07, 6.45) is 0. The maximum absolute atomic E-state index is 9.70. The molecule has 12 nitrogen and oxygen atoms in total. The fourth-order valence-corrected chi connectivity index (χ4v) is 19.4. The zero-order valence-corrected chi connectivity index (χ0v) is 67.5. The van der Waals surface area contributed by atoms with Crippen molar-refractivity contribution >= 4 is 148 Å². The van der Waals surface area contributed by atoms with Crippen molar-refractivity contribution in [3.8, 4) is 85.7 Å². The number of para-hydroxylation sites is 15. The standard InChI is InChI=1S/3C38H22N4/c1-40-32-18-4-7-21-35(32)42-34-20-6-3-14-31(34)37-28(15-10-22-36(37)42)30-17-9-16-29-27-13-2-5-19-33(27)41(38(29)30)26-12-8-11-25(23-26)24-39;1-40-32-15-4-7-18-35(32)42-34-17-6-3-11-31(34)37-28(12-9-19-36(37)42)30-14-8-13-29-27-10-2-5-16-33(27)41(38(29)30)26-22-20-25(24-39)21-23-26;1-40-32-17-6-8-19-35(32)42-33-18-7-5-13-30(33)37-27(14-10-20-36(37)42)28-15-9-16-29-31-23-25(24-39)21-22-34(31)41(38(28)29)26-11-3-2-4-12-26/h3*2-23H. The van der Waals surface area contributed by atoms with E-state index in [1.807, 2.05) is 133 Å². The smallest absolute Gasteiger partial charge is 0.210 e. The van der Waals surface area contributed by atoms with Gasteiger partial charge in [0.25, 0.3) is 0 Å². The van der Waals surface area contributed by atoms with Crippen LogP contribution in [-0.4, -0.2) is 27.4 Å².